The van der Waals surface area contributed by atoms with Crippen molar-refractivity contribution in [1.29, 1.82) is 0 Å². The molecule has 1 aromatic heterocycles. The average molecular weight is 292 g/mol. The van der Waals surface area contributed by atoms with Crippen molar-refractivity contribution in [2.24, 2.45) is 0 Å². The van der Waals surface area contributed by atoms with E-state index in [9.17, 15) is 0 Å². The number of para-hydroxylation sites is 1. The lowest BCUT2D eigenvalue weighted by Crippen LogP contribution is -1.95. The van der Waals surface area contributed by atoms with Gasteiger partial charge in [0.15, 0.2) is 0 Å². The van der Waals surface area contributed by atoms with Crippen molar-refractivity contribution in [3.63, 3.8) is 0 Å². The second kappa shape index (κ2) is 5.01. The number of anilines is 1. The minimum Gasteiger partial charge on any atom is -0.350 e. The summed E-state index contributed by atoms with van der Waals surface area (Å²) in [4.78, 5) is 7.15. The van der Waals surface area contributed by atoms with Gasteiger partial charge in [0.2, 0.25) is 0 Å². The first-order chi connectivity index (χ1) is 10.3. The molecule has 21 heavy (non-hydrogen) atoms. The molecular formula is C18H16N2S. The van der Waals surface area contributed by atoms with Crippen LogP contribution >= 0.6 is 11.3 Å². The molecule has 2 heterocycles. The number of rotatable bonds is 3. The first-order valence-electron chi connectivity index (χ1n) is 7.15. The van der Waals surface area contributed by atoms with E-state index in [1.165, 1.54) is 16.3 Å². The third-order valence-corrected chi connectivity index (χ3v) is 4.93. The van der Waals surface area contributed by atoms with Gasteiger partial charge in [-0.05, 0) is 24.6 Å². The summed E-state index contributed by atoms with van der Waals surface area (Å²) in [6.07, 6.45) is 0. The van der Waals surface area contributed by atoms with Crippen LogP contribution in [0, 0.1) is 6.92 Å². The predicted molar refractivity (Wildman–Crippen MR) is 87.7 cm³/mol. The van der Waals surface area contributed by atoms with Gasteiger partial charge in [-0.3, -0.25) is 0 Å². The largest absolute Gasteiger partial charge is 0.350 e. The van der Waals surface area contributed by atoms with Gasteiger partial charge in [-0.15, -0.1) is 11.3 Å². The number of nitrogens with zero attached hydrogens (tertiary/aromatic N) is 2. The molecule has 0 aliphatic carbocycles. The SMILES string of the molecule is Cc1csc([C@@H]2[C@H](c3ccccc3)N2c2ccccc2)n1. The molecule has 0 spiro atoms. The Bertz CT molecular complexity index is 691. The third kappa shape index (κ3) is 2.24. The van der Waals surface area contributed by atoms with Crippen LogP contribution in [0.1, 0.15) is 28.3 Å². The zero-order valence-corrected chi connectivity index (χ0v) is 12.6. The summed E-state index contributed by atoms with van der Waals surface area (Å²) in [6, 6.07) is 22.1. The number of hydrogen-bond acceptors (Lipinski definition) is 3. The molecule has 104 valence electrons. The van der Waals surface area contributed by atoms with Gasteiger partial charge in [-0.25, -0.2) is 4.98 Å². The van der Waals surface area contributed by atoms with Crippen molar-refractivity contribution in [2.45, 2.75) is 19.0 Å². The minimum atomic E-state index is 0.369. The van der Waals surface area contributed by atoms with E-state index in [0.717, 1.165) is 5.69 Å². The van der Waals surface area contributed by atoms with E-state index in [2.05, 4.69) is 77.9 Å². The highest BCUT2D eigenvalue weighted by Gasteiger charge is 2.51. The Balaban J connectivity index is 1.73. The molecule has 1 aliphatic heterocycles. The number of hydrogen-bond donors (Lipinski definition) is 0. The zero-order chi connectivity index (χ0) is 14.2. The maximum Gasteiger partial charge on any atom is 0.118 e. The van der Waals surface area contributed by atoms with Crippen molar-refractivity contribution in [3.05, 3.63) is 82.3 Å². The molecule has 1 saturated heterocycles. The summed E-state index contributed by atoms with van der Waals surface area (Å²) in [6.45, 7) is 2.06. The van der Waals surface area contributed by atoms with E-state index in [0.29, 0.717) is 12.1 Å². The lowest BCUT2D eigenvalue weighted by molar-refractivity contribution is 0.993. The van der Waals surface area contributed by atoms with Crippen molar-refractivity contribution in [1.82, 2.24) is 4.98 Å². The number of aryl methyl sites for hydroxylation is 1. The van der Waals surface area contributed by atoms with Gasteiger partial charge in [0.25, 0.3) is 0 Å². The van der Waals surface area contributed by atoms with Crippen molar-refractivity contribution in [2.75, 3.05) is 4.90 Å². The Morgan fingerprint density at radius 1 is 0.905 bits per heavy atom. The normalized spacial score (nSPS) is 20.5. The van der Waals surface area contributed by atoms with Gasteiger partial charge >= 0.3 is 0 Å². The molecule has 0 radical (unpaired) electrons. The Morgan fingerprint density at radius 3 is 2.19 bits per heavy atom. The summed E-state index contributed by atoms with van der Waals surface area (Å²) in [5.74, 6) is 0. The highest BCUT2D eigenvalue weighted by molar-refractivity contribution is 7.09. The van der Waals surface area contributed by atoms with Gasteiger partial charge in [0.05, 0.1) is 6.04 Å². The maximum atomic E-state index is 4.70. The van der Waals surface area contributed by atoms with Gasteiger partial charge in [-0.1, -0.05) is 48.5 Å². The topological polar surface area (TPSA) is 15.9 Å². The summed E-state index contributed by atoms with van der Waals surface area (Å²) < 4.78 is 0. The summed E-state index contributed by atoms with van der Waals surface area (Å²) in [7, 11) is 0. The quantitative estimate of drug-likeness (QED) is 0.647. The second-order valence-corrected chi connectivity index (χ2v) is 6.26. The van der Waals surface area contributed by atoms with E-state index < -0.39 is 0 Å². The Labute approximate surface area is 128 Å². The average Bonchev–Trinajstić information content (AvgIpc) is 3.15. The summed E-state index contributed by atoms with van der Waals surface area (Å²) >= 11 is 1.76. The molecule has 0 N–H and O–H groups in total. The van der Waals surface area contributed by atoms with E-state index in [1.807, 2.05) is 0 Å². The standard InChI is InChI=1S/C18H16N2S/c1-13-12-21-18(19-13)17-16(14-8-4-2-5-9-14)20(17)15-10-6-3-7-11-15/h2-12,16-17H,1H3/t16-,17-,20?/m0/s1. The number of aromatic nitrogens is 1. The first-order valence-corrected chi connectivity index (χ1v) is 8.03. The predicted octanol–water partition coefficient (Wildman–Crippen LogP) is 4.75. The molecule has 2 nitrogen and oxygen atoms in total. The van der Waals surface area contributed by atoms with E-state index in [-0.39, 0.29) is 0 Å². The van der Waals surface area contributed by atoms with Crippen LogP contribution in [0.25, 0.3) is 0 Å². The van der Waals surface area contributed by atoms with Crippen LogP contribution in [0.5, 0.6) is 0 Å². The molecule has 2 atom stereocenters. The monoisotopic (exact) mass is 292 g/mol. The van der Waals surface area contributed by atoms with Crippen molar-refractivity contribution < 1.29 is 0 Å². The second-order valence-electron chi connectivity index (χ2n) is 5.37. The Morgan fingerprint density at radius 2 is 1.57 bits per heavy atom. The smallest absolute Gasteiger partial charge is 0.118 e. The molecule has 1 fully saturated rings. The van der Waals surface area contributed by atoms with Crippen LogP contribution in [0.2, 0.25) is 0 Å². The van der Waals surface area contributed by atoms with Crippen LogP contribution in [0.15, 0.2) is 66.0 Å². The number of benzene rings is 2. The minimum absolute atomic E-state index is 0.369. The van der Waals surface area contributed by atoms with E-state index >= 15 is 0 Å². The van der Waals surface area contributed by atoms with E-state index in [1.54, 1.807) is 11.3 Å². The van der Waals surface area contributed by atoms with Gasteiger partial charge < -0.3 is 4.90 Å². The fraction of sp³-hybridized carbons (Fsp3) is 0.167. The molecule has 0 amide bonds. The molecule has 3 aromatic rings. The van der Waals surface area contributed by atoms with Crippen molar-refractivity contribution in [3.8, 4) is 0 Å². The Kier molecular flexibility index (Phi) is 3.00. The fourth-order valence-corrected chi connectivity index (χ4v) is 3.83. The van der Waals surface area contributed by atoms with E-state index in [4.69, 9.17) is 4.98 Å². The molecule has 0 bridgehead atoms. The van der Waals surface area contributed by atoms with Crippen LogP contribution < -0.4 is 4.90 Å². The summed E-state index contributed by atoms with van der Waals surface area (Å²) in [5, 5.41) is 3.35. The molecule has 1 aliphatic rings. The van der Waals surface area contributed by atoms with Crippen LogP contribution in [0.3, 0.4) is 0 Å². The third-order valence-electron chi connectivity index (χ3n) is 3.89. The molecule has 0 unspecified atom stereocenters. The number of thiazole rings is 1. The highest BCUT2D eigenvalue weighted by atomic mass is 32.1. The highest BCUT2D eigenvalue weighted by Crippen LogP contribution is 2.57. The van der Waals surface area contributed by atoms with Crippen molar-refractivity contribution >= 4 is 17.0 Å². The van der Waals surface area contributed by atoms with Crippen LogP contribution in [0.4, 0.5) is 5.69 Å². The lowest BCUT2D eigenvalue weighted by Gasteiger charge is -2.05. The molecule has 0 saturated carbocycles. The fourth-order valence-electron chi connectivity index (χ4n) is 2.91. The zero-order valence-electron chi connectivity index (χ0n) is 11.8. The summed E-state index contributed by atoms with van der Waals surface area (Å²) in [5.41, 5.74) is 3.74. The van der Waals surface area contributed by atoms with Crippen LogP contribution in [-0.2, 0) is 0 Å². The van der Waals surface area contributed by atoms with Gasteiger partial charge in [0, 0.05) is 16.8 Å². The lowest BCUT2D eigenvalue weighted by atomic mass is 10.1. The molecule has 2 aromatic carbocycles. The molecule has 3 heteroatoms. The Hall–Kier alpha value is -2.13. The first kappa shape index (κ1) is 12.6. The van der Waals surface area contributed by atoms with Gasteiger partial charge in [-0.2, -0.15) is 0 Å². The van der Waals surface area contributed by atoms with Gasteiger partial charge in [0.1, 0.15) is 11.0 Å². The van der Waals surface area contributed by atoms with Crippen LogP contribution in [-0.4, -0.2) is 4.98 Å². The maximum absolute atomic E-state index is 4.70. The molecular weight excluding hydrogens is 276 g/mol. The molecule has 4 rings (SSSR count).